The van der Waals surface area contributed by atoms with E-state index in [-0.39, 0.29) is 6.03 Å². The van der Waals surface area contributed by atoms with Gasteiger partial charge in [-0.05, 0) is 74.8 Å². The van der Waals surface area contributed by atoms with Crippen molar-refractivity contribution in [3.8, 4) is 0 Å². The molecule has 0 heterocycles. The highest BCUT2D eigenvalue weighted by Gasteiger charge is 2.48. The van der Waals surface area contributed by atoms with Crippen molar-refractivity contribution < 1.29 is 4.79 Å². The maximum atomic E-state index is 12.3. The number of aryl methyl sites for hydroxylation is 1. The van der Waals surface area contributed by atoms with Gasteiger partial charge in [-0.3, -0.25) is 0 Å². The summed E-state index contributed by atoms with van der Waals surface area (Å²) in [5.74, 6) is 3.35. The molecule has 4 saturated carbocycles. The van der Waals surface area contributed by atoms with Crippen LogP contribution in [-0.2, 0) is 0 Å². The number of carbonyl (C=O) groups is 1. The second-order valence-electron chi connectivity index (χ2n) is 7.42. The topological polar surface area (TPSA) is 41.1 Å². The third-order valence-corrected chi connectivity index (χ3v) is 5.83. The lowest BCUT2D eigenvalue weighted by Crippen LogP contribution is -2.56. The van der Waals surface area contributed by atoms with E-state index in [0.717, 1.165) is 29.4 Å². The summed E-state index contributed by atoms with van der Waals surface area (Å²) < 4.78 is 0. The lowest BCUT2D eigenvalue weighted by molar-refractivity contribution is -0.00883. The third-order valence-electron chi connectivity index (χ3n) is 5.83. The van der Waals surface area contributed by atoms with E-state index in [1.54, 1.807) is 0 Å². The first-order chi connectivity index (χ1) is 10.2. The van der Waals surface area contributed by atoms with Gasteiger partial charge in [0.15, 0.2) is 0 Å². The molecule has 112 valence electrons. The molecular formula is C18H24N2O. The molecule has 3 heteroatoms. The third kappa shape index (κ3) is 2.54. The summed E-state index contributed by atoms with van der Waals surface area (Å²) in [6.07, 6.45) is 6.80. The zero-order valence-corrected chi connectivity index (χ0v) is 12.6. The summed E-state index contributed by atoms with van der Waals surface area (Å²) in [6, 6.07) is 8.36. The van der Waals surface area contributed by atoms with Crippen molar-refractivity contribution in [3.63, 3.8) is 0 Å². The minimum Gasteiger partial charge on any atom is -0.335 e. The van der Waals surface area contributed by atoms with E-state index < -0.39 is 0 Å². The Morgan fingerprint density at radius 3 is 2.10 bits per heavy atom. The molecule has 5 rings (SSSR count). The highest BCUT2D eigenvalue weighted by molar-refractivity contribution is 5.89. The number of rotatable bonds is 2. The van der Waals surface area contributed by atoms with Crippen LogP contribution in [0.3, 0.4) is 0 Å². The summed E-state index contributed by atoms with van der Waals surface area (Å²) in [5.41, 5.74) is 2.09. The quantitative estimate of drug-likeness (QED) is 0.848. The Kier molecular flexibility index (Phi) is 3.16. The zero-order valence-electron chi connectivity index (χ0n) is 12.6. The van der Waals surface area contributed by atoms with Crippen LogP contribution >= 0.6 is 0 Å². The largest absolute Gasteiger partial charge is 0.335 e. The number of nitrogens with one attached hydrogen (secondary N) is 2. The van der Waals surface area contributed by atoms with Gasteiger partial charge in [0.05, 0.1) is 0 Å². The molecule has 21 heavy (non-hydrogen) atoms. The van der Waals surface area contributed by atoms with Gasteiger partial charge in [-0.25, -0.2) is 4.79 Å². The molecule has 0 unspecified atom stereocenters. The number of anilines is 1. The second-order valence-corrected chi connectivity index (χ2v) is 7.42. The highest BCUT2D eigenvalue weighted by Crippen LogP contribution is 2.53. The zero-order chi connectivity index (χ0) is 14.4. The van der Waals surface area contributed by atoms with Crippen molar-refractivity contribution in [1.82, 2.24) is 5.32 Å². The molecule has 4 aliphatic carbocycles. The van der Waals surface area contributed by atoms with E-state index in [0.29, 0.717) is 6.04 Å². The fourth-order valence-electron chi connectivity index (χ4n) is 5.12. The van der Waals surface area contributed by atoms with Crippen molar-refractivity contribution in [2.75, 3.05) is 5.32 Å². The highest BCUT2D eigenvalue weighted by atomic mass is 16.2. The van der Waals surface area contributed by atoms with Crippen LogP contribution in [-0.4, -0.2) is 12.1 Å². The number of hydrogen-bond donors (Lipinski definition) is 2. The molecule has 2 N–H and O–H groups in total. The minimum atomic E-state index is -0.0312. The SMILES string of the molecule is Cc1ccc(NC(=O)NC2C3CC4CC(C3)CC2C4)cc1. The Balaban J connectivity index is 1.39. The first kappa shape index (κ1) is 13.2. The average molecular weight is 284 g/mol. The van der Waals surface area contributed by atoms with Crippen LogP contribution in [0.15, 0.2) is 24.3 Å². The monoisotopic (exact) mass is 284 g/mol. The van der Waals surface area contributed by atoms with Gasteiger partial charge in [0, 0.05) is 11.7 Å². The lowest BCUT2D eigenvalue weighted by atomic mass is 9.54. The molecule has 0 aromatic heterocycles. The Morgan fingerprint density at radius 1 is 0.952 bits per heavy atom. The molecule has 2 amide bonds. The van der Waals surface area contributed by atoms with Crippen molar-refractivity contribution in [3.05, 3.63) is 29.8 Å². The molecular weight excluding hydrogens is 260 g/mol. The van der Waals surface area contributed by atoms with Gasteiger partial charge in [-0.2, -0.15) is 0 Å². The Bertz CT molecular complexity index is 509. The lowest BCUT2D eigenvalue weighted by Gasteiger charge is -2.54. The first-order valence-electron chi connectivity index (χ1n) is 8.31. The number of carbonyl (C=O) groups excluding carboxylic acids is 1. The average Bonchev–Trinajstić information content (AvgIpc) is 2.45. The van der Waals surface area contributed by atoms with Gasteiger partial charge in [-0.1, -0.05) is 17.7 Å². The van der Waals surface area contributed by atoms with Crippen molar-refractivity contribution in [1.29, 1.82) is 0 Å². The fourth-order valence-corrected chi connectivity index (χ4v) is 5.12. The molecule has 1 aromatic carbocycles. The van der Waals surface area contributed by atoms with E-state index in [2.05, 4.69) is 17.6 Å². The Labute approximate surface area is 126 Å². The van der Waals surface area contributed by atoms with Crippen LogP contribution < -0.4 is 10.6 Å². The van der Waals surface area contributed by atoms with E-state index in [1.807, 2.05) is 24.3 Å². The number of amides is 2. The predicted octanol–water partition coefficient (Wildman–Crippen LogP) is 3.94. The normalized spacial score (nSPS) is 36.5. The smallest absolute Gasteiger partial charge is 0.319 e. The molecule has 1 aromatic rings. The van der Waals surface area contributed by atoms with Crippen LogP contribution in [0.1, 0.15) is 37.7 Å². The summed E-state index contributed by atoms with van der Waals surface area (Å²) in [7, 11) is 0. The van der Waals surface area contributed by atoms with Crippen molar-refractivity contribution in [2.24, 2.45) is 23.7 Å². The first-order valence-corrected chi connectivity index (χ1v) is 8.31. The minimum absolute atomic E-state index is 0.0312. The maximum Gasteiger partial charge on any atom is 0.319 e. The number of benzene rings is 1. The van der Waals surface area contributed by atoms with Gasteiger partial charge < -0.3 is 10.6 Å². The summed E-state index contributed by atoms with van der Waals surface area (Å²) >= 11 is 0. The van der Waals surface area contributed by atoms with E-state index in [1.165, 1.54) is 37.7 Å². The van der Waals surface area contributed by atoms with Gasteiger partial charge in [-0.15, -0.1) is 0 Å². The van der Waals surface area contributed by atoms with E-state index in [9.17, 15) is 4.79 Å². The molecule has 3 nitrogen and oxygen atoms in total. The van der Waals surface area contributed by atoms with Crippen LogP contribution in [0.5, 0.6) is 0 Å². The number of hydrogen-bond acceptors (Lipinski definition) is 1. The Morgan fingerprint density at radius 2 is 1.52 bits per heavy atom. The van der Waals surface area contributed by atoms with Crippen LogP contribution in [0.25, 0.3) is 0 Å². The molecule has 0 aliphatic heterocycles. The summed E-state index contributed by atoms with van der Waals surface area (Å²) in [6.45, 7) is 2.05. The molecule has 0 radical (unpaired) electrons. The predicted molar refractivity (Wildman–Crippen MR) is 84.2 cm³/mol. The van der Waals surface area contributed by atoms with Gasteiger partial charge in [0.25, 0.3) is 0 Å². The van der Waals surface area contributed by atoms with Gasteiger partial charge in [0.2, 0.25) is 0 Å². The molecule has 0 spiro atoms. The summed E-state index contributed by atoms with van der Waals surface area (Å²) in [4.78, 5) is 12.3. The van der Waals surface area contributed by atoms with E-state index in [4.69, 9.17) is 0 Å². The van der Waals surface area contributed by atoms with Crippen LogP contribution in [0, 0.1) is 30.6 Å². The molecule has 4 bridgehead atoms. The van der Waals surface area contributed by atoms with Gasteiger partial charge in [0.1, 0.15) is 0 Å². The summed E-state index contributed by atoms with van der Waals surface area (Å²) in [5, 5.41) is 6.25. The molecule has 0 atom stereocenters. The maximum absolute atomic E-state index is 12.3. The van der Waals surface area contributed by atoms with Crippen molar-refractivity contribution in [2.45, 2.75) is 45.1 Å². The second kappa shape index (κ2) is 5.04. The van der Waals surface area contributed by atoms with E-state index >= 15 is 0 Å². The number of urea groups is 1. The standard InChI is InChI=1S/C18H24N2O/c1-11-2-4-16(5-3-11)19-18(21)20-17-14-7-12-6-13(9-14)10-15(17)8-12/h2-5,12-15,17H,6-10H2,1H3,(H2,19,20,21). The Hall–Kier alpha value is -1.51. The molecule has 4 fully saturated rings. The van der Waals surface area contributed by atoms with Crippen molar-refractivity contribution >= 4 is 11.7 Å². The van der Waals surface area contributed by atoms with Crippen LogP contribution in [0.2, 0.25) is 0 Å². The van der Waals surface area contributed by atoms with Gasteiger partial charge >= 0.3 is 6.03 Å². The molecule has 0 saturated heterocycles. The fraction of sp³-hybridized carbons (Fsp3) is 0.611. The molecule has 4 aliphatic rings. The van der Waals surface area contributed by atoms with Crippen LogP contribution in [0.4, 0.5) is 10.5 Å².